The first kappa shape index (κ1) is 20.7. The third kappa shape index (κ3) is 4.47. The highest BCUT2D eigenvalue weighted by molar-refractivity contribution is 5.91. The molecule has 0 spiro atoms. The lowest BCUT2D eigenvalue weighted by Gasteiger charge is -2.37. The smallest absolute Gasteiger partial charge is 0.322 e. The first-order valence-corrected chi connectivity index (χ1v) is 10.3. The van der Waals surface area contributed by atoms with Crippen molar-refractivity contribution in [1.82, 2.24) is 15.0 Å². The fourth-order valence-electron chi connectivity index (χ4n) is 3.77. The van der Waals surface area contributed by atoms with Crippen LogP contribution in [-0.4, -0.2) is 54.4 Å². The van der Waals surface area contributed by atoms with Crippen LogP contribution in [0.15, 0.2) is 40.9 Å². The topological polar surface area (TPSA) is 83.7 Å². The second-order valence-corrected chi connectivity index (χ2v) is 7.75. The van der Waals surface area contributed by atoms with Crippen LogP contribution >= 0.6 is 0 Å². The number of hydrogen-bond donors (Lipinski definition) is 1. The summed E-state index contributed by atoms with van der Waals surface area (Å²) in [4.78, 5) is 21.3. The van der Waals surface area contributed by atoms with Gasteiger partial charge in [0.15, 0.2) is 0 Å². The highest BCUT2D eigenvalue weighted by atomic mass is 16.5. The predicted molar refractivity (Wildman–Crippen MR) is 120 cm³/mol. The minimum absolute atomic E-state index is 0.115. The Labute approximate surface area is 181 Å². The van der Waals surface area contributed by atoms with Gasteiger partial charge in [-0.1, -0.05) is 23.4 Å². The second-order valence-electron chi connectivity index (χ2n) is 7.75. The molecule has 0 saturated carbocycles. The molecule has 1 aromatic heterocycles. The van der Waals surface area contributed by atoms with E-state index in [4.69, 9.17) is 9.26 Å². The molecule has 4 rings (SSSR count). The lowest BCUT2D eigenvalue weighted by Crippen LogP contribution is -2.50. The van der Waals surface area contributed by atoms with Crippen LogP contribution in [-0.2, 0) is 0 Å². The van der Waals surface area contributed by atoms with Gasteiger partial charge in [0.1, 0.15) is 5.75 Å². The molecule has 2 amide bonds. The largest absolute Gasteiger partial charge is 0.495 e. The van der Waals surface area contributed by atoms with E-state index in [9.17, 15) is 4.79 Å². The molecule has 1 aliphatic rings. The summed E-state index contributed by atoms with van der Waals surface area (Å²) in [7, 11) is 1.60. The highest BCUT2D eigenvalue weighted by Gasteiger charge is 2.23. The maximum atomic E-state index is 12.8. The molecule has 2 heterocycles. The van der Waals surface area contributed by atoms with E-state index in [1.165, 1.54) is 5.56 Å². The van der Waals surface area contributed by atoms with E-state index < -0.39 is 0 Å². The summed E-state index contributed by atoms with van der Waals surface area (Å²) in [5, 5.41) is 7.01. The predicted octanol–water partition coefficient (Wildman–Crippen LogP) is 4.02. The second kappa shape index (κ2) is 8.67. The van der Waals surface area contributed by atoms with E-state index >= 15 is 0 Å². The van der Waals surface area contributed by atoms with Crippen molar-refractivity contribution < 1.29 is 14.1 Å². The first-order valence-electron chi connectivity index (χ1n) is 10.3. The van der Waals surface area contributed by atoms with Gasteiger partial charge in [-0.2, -0.15) is 4.98 Å². The molecule has 1 aliphatic heterocycles. The third-order valence-corrected chi connectivity index (χ3v) is 5.50. The quantitative estimate of drug-likeness (QED) is 0.685. The molecular weight excluding hydrogens is 394 g/mol. The Bertz CT molecular complexity index is 1090. The van der Waals surface area contributed by atoms with E-state index in [1.807, 2.05) is 36.1 Å². The van der Waals surface area contributed by atoms with Crippen LogP contribution in [0.25, 0.3) is 11.4 Å². The number of urea groups is 1. The number of rotatable bonds is 4. The van der Waals surface area contributed by atoms with Gasteiger partial charge in [0.2, 0.25) is 11.7 Å². The molecule has 0 bridgehead atoms. The van der Waals surface area contributed by atoms with Gasteiger partial charge in [-0.05, 0) is 43.2 Å². The number of carbonyl (C=O) groups is 1. The average molecular weight is 422 g/mol. The molecule has 0 radical (unpaired) electrons. The average Bonchev–Trinajstić information content (AvgIpc) is 3.20. The molecule has 1 saturated heterocycles. The van der Waals surface area contributed by atoms with Crippen molar-refractivity contribution in [2.45, 2.75) is 20.8 Å². The minimum Gasteiger partial charge on any atom is -0.495 e. The van der Waals surface area contributed by atoms with Crippen molar-refractivity contribution in [3.63, 3.8) is 0 Å². The lowest BCUT2D eigenvalue weighted by molar-refractivity contribution is 0.208. The Morgan fingerprint density at radius 1 is 1.06 bits per heavy atom. The minimum atomic E-state index is -0.115. The van der Waals surface area contributed by atoms with Gasteiger partial charge >= 0.3 is 6.03 Å². The monoisotopic (exact) mass is 421 g/mol. The zero-order valence-electron chi connectivity index (χ0n) is 18.3. The summed E-state index contributed by atoms with van der Waals surface area (Å²) in [6, 6.07) is 11.8. The van der Waals surface area contributed by atoms with Crippen LogP contribution < -0.4 is 15.0 Å². The number of ether oxygens (including phenoxy) is 1. The number of piperazine rings is 1. The molecule has 3 aromatic rings. The molecule has 0 unspecified atom stereocenters. The molecule has 31 heavy (non-hydrogen) atoms. The fraction of sp³-hybridized carbons (Fsp3) is 0.348. The molecule has 2 aromatic carbocycles. The Morgan fingerprint density at radius 3 is 2.52 bits per heavy atom. The van der Waals surface area contributed by atoms with Gasteiger partial charge < -0.3 is 24.4 Å². The number of aryl methyl sites for hydroxylation is 3. The Kier molecular flexibility index (Phi) is 5.79. The summed E-state index contributed by atoms with van der Waals surface area (Å²) in [5.41, 5.74) is 4.97. The number of methoxy groups -OCH3 is 1. The molecule has 162 valence electrons. The molecule has 8 nitrogen and oxygen atoms in total. The molecular formula is C23H27N5O3. The number of anilines is 2. The first-order chi connectivity index (χ1) is 14.9. The Balaban J connectivity index is 1.43. The summed E-state index contributed by atoms with van der Waals surface area (Å²) < 4.78 is 10.5. The lowest BCUT2D eigenvalue weighted by atomic mass is 10.1. The number of aromatic nitrogens is 2. The fourth-order valence-corrected chi connectivity index (χ4v) is 3.77. The van der Waals surface area contributed by atoms with Crippen LogP contribution in [0.4, 0.5) is 16.2 Å². The zero-order chi connectivity index (χ0) is 22.0. The summed E-state index contributed by atoms with van der Waals surface area (Å²) in [6.07, 6.45) is 0. The van der Waals surface area contributed by atoms with Crippen LogP contribution in [0, 0.1) is 20.8 Å². The van der Waals surface area contributed by atoms with Crippen LogP contribution in [0.2, 0.25) is 0 Å². The van der Waals surface area contributed by atoms with Gasteiger partial charge in [0, 0.05) is 44.4 Å². The van der Waals surface area contributed by atoms with Crippen molar-refractivity contribution >= 4 is 17.4 Å². The van der Waals surface area contributed by atoms with E-state index in [2.05, 4.69) is 39.4 Å². The number of benzene rings is 2. The molecule has 0 aliphatic carbocycles. The number of amides is 2. The van der Waals surface area contributed by atoms with Gasteiger partial charge in [0.05, 0.1) is 12.8 Å². The number of nitrogens with one attached hydrogen (secondary N) is 1. The van der Waals surface area contributed by atoms with Crippen molar-refractivity contribution in [1.29, 1.82) is 0 Å². The van der Waals surface area contributed by atoms with Gasteiger partial charge in [-0.25, -0.2) is 4.79 Å². The maximum Gasteiger partial charge on any atom is 0.322 e. The van der Waals surface area contributed by atoms with Crippen molar-refractivity contribution in [2.75, 3.05) is 43.5 Å². The molecule has 8 heteroatoms. The number of nitrogens with zero attached hydrogens (tertiary/aromatic N) is 4. The Hall–Kier alpha value is -3.55. The van der Waals surface area contributed by atoms with Crippen LogP contribution in [0.1, 0.15) is 17.0 Å². The van der Waals surface area contributed by atoms with E-state index in [-0.39, 0.29) is 6.03 Å². The number of hydrogen-bond acceptors (Lipinski definition) is 6. The zero-order valence-corrected chi connectivity index (χ0v) is 18.3. The van der Waals surface area contributed by atoms with Crippen LogP contribution in [0.5, 0.6) is 5.75 Å². The Morgan fingerprint density at radius 2 is 1.84 bits per heavy atom. The normalized spacial score (nSPS) is 13.9. The maximum absolute atomic E-state index is 12.8. The highest BCUT2D eigenvalue weighted by Crippen LogP contribution is 2.28. The van der Waals surface area contributed by atoms with Crippen LogP contribution in [0.3, 0.4) is 0 Å². The van der Waals surface area contributed by atoms with Gasteiger partial charge in [0.25, 0.3) is 0 Å². The van der Waals surface area contributed by atoms with Crippen molar-refractivity contribution in [3.05, 3.63) is 53.4 Å². The van der Waals surface area contributed by atoms with Crippen molar-refractivity contribution in [2.24, 2.45) is 0 Å². The molecule has 0 atom stereocenters. The standard InChI is InChI=1S/C23H27N5O3/c1-15-5-8-21(30-4)19(13-15)25-23(29)28-11-9-27(10-12-28)20-14-18(7-6-16(20)2)22-24-17(3)31-26-22/h5-8,13-14H,9-12H2,1-4H3,(H,25,29). The van der Waals surface area contributed by atoms with Gasteiger partial charge in [-0.15, -0.1) is 0 Å². The summed E-state index contributed by atoms with van der Waals surface area (Å²) in [5.74, 6) is 1.78. The van der Waals surface area contributed by atoms with E-state index in [0.29, 0.717) is 36.2 Å². The third-order valence-electron chi connectivity index (χ3n) is 5.50. The van der Waals surface area contributed by atoms with E-state index in [0.717, 1.165) is 29.9 Å². The van der Waals surface area contributed by atoms with E-state index in [1.54, 1.807) is 14.0 Å². The summed E-state index contributed by atoms with van der Waals surface area (Å²) >= 11 is 0. The molecule has 1 fully saturated rings. The number of carbonyl (C=O) groups excluding carboxylic acids is 1. The molecule has 1 N–H and O–H groups in total. The summed E-state index contributed by atoms with van der Waals surface area (Å²) in [6.45, 7) is 8.60. The van der Waals surface area contributed by atoms with Crippen molar-refractivity contribution in [3.8, 4) is 17.1 Å². The van der Waals surface area contributed by atoms with Gasteiger partial charge in [-0.3, -0.25) is 0 Å². The SMILES string of the molecule is COc1ccc(C)cc1NC(=O)N1CCN(c2cc(-c3noc(C)n3)ccc2C)CC1.